The number of carbonyl (C=O) groups is 2. The molecule has 0 bridgehead atoms. The van der Waals surface area contributed by atoms with Crippen LogP contribution in [-0.2, 0) is 11.3 Å². The van der Waals surface area contributed by atoms with Crippen LogP contribution in [0, 0.1) is 6.92 Å². The first kappa shape index (κ1) is 22.5. The summed E-state index contributed by atoms with van der Waals surface area (Å²) < 4.78 is 3.30. The summed E-state index contributed by atoms with van der Waals surface area (Å²) >= 11 is 3.48. The van der Waals surface area contributed by atoms with Crippen molar-refractivity contribution in [3.8, 4) is 0 Å². The predicted octanol–water partition coefficient (Wildman–Crippen LogP) is 5.48. The molecule has 6 nitrogen and oxygen atoms in total. The van der Waals surface area contributed by atoms with E-state index in [0.717, 1.165) is 33.2 Å². The average molecular weight is 503 g/mol. The summed E-state index contributed by atoms with van der Waals surface area (Å²) in [6, 6.07) is 23.2. The van der Waals surface area contributed by atoms with E-state index in [1.807, 2.05) is 24.3 Å². The van der Waals surface area contributed by atoms with Gasteiger partial charge in [-0.2, -0.15) is 5.10 Å². The maximum absolute atomic E-state index is 12.5. The van der Waals surface area contributed by atoms with Gasteiger partial charge in [0.1, 0.15) is 0 Å². The Hall–Kier alpha value is -3.71. The minimum atomic E-state index is -0.352. The second kappa shape index (κ2) is 9.83. The summed E-state index contributed by atoms with van der Waals surface area (Å²) in [6.07, 6.45) is 1.69. The Morgan fingerprint density at radius 3 is 2.55 bits per heavy atom. The fourth-order valence-electron chi connectivity index (χ4n) is 3.76. The zero-order valence-electron chi connectivity index (χ0n) is 18.3. The first-order chi connectivity index (χ1) is 15.9. The Bertz CT molecular complexity index is 1360. The highest BCUT2D eigenvalue weighted by atomic mass is 79.9. The minimum absolute atomic E-state index is 0.194. The lowest BCUT2D eigenvalue weighted by Gasteiger charge is -2.09. The maximum Gasteiger partial charge on any atom is 0.271 e. The highest BCUT2D eigenvalue weighted by Gasteiger charge is 2.13. The highest BCUT2D eigenvalue weighted by Crippen LogP contribution is 2.26. The summed E-state index contributed by atoms with van der Waals surface area (Å²) in [5.74, 6) is -0.546. The van der Waals surface area contributed by atoms with Crippen LogP contribution in [0.25, 0.3) is 10.9 Å². The molecule has 2 N–H and O–H groups in total. The van der Waals surface area contributed by atoms with Crippen molar-refractivity contribution in [2.45, 2.75) is 20.4 Å². The van der Waals surface area contributed by atoms with Crippen molar-refractivity contribution < 1.29 is 9.59 Å². The van der Waals surface area contributed by atoms with E-state index in [1.165, 1.54) is 12.5 Å². The van der Waals surface area contributed by atoms with Gasteiger partial charge >= 0.3 is 0 Å². The van der Waals surface area contributed by atoms with E-state index < -0.39 is 0 Å². The van der Waals surface area contributed by atoms with Gasteiger partial charge in [0, 0.05) is 51.4 Å². The molecule has 0 aliphatic rings. The van der Waals surface area contributed by atoms with E-state index in [2.05, 4.69) is 67.5 Å². The molecule has 0 fully saturated rings. The van der Waals surface area contributed by atoms with E-state index in [4.69, 9.17) is 0 Å². The standard InChI is InChI=1S/C26H23BrN4O2/c1-17-24(15-28-30-26(33)20-6-5-7-22(14-20)29-18(2)32)23-8-3-4-9-25(23)31(17)16-19-10-12-21(27)13-11-19/h3-15H,16H2,1-2H3,(H,29,32)(H,30,33)/b28-15-. The van der Waals surface area contributed by atoms with Crippen LogP contribution in [0.4, 0.5) is 5.69 Å². The number of hydrogen-bond donors (Lipinski definition) is 2. The number of rotatable bonds is 6. The first-order valence-corrected chi connectivity index (χ1v) is 11.2. The molecule has 33 heavy (non-hydrogen) atoms. The van der Waals surface area contributed by atoms with E-state index in [-0.39, 0.29) is 11.8 Å². The van der Waals surface area contributed by atoms with Gasteiger partial charge < -0.3 is 9.88 Å². The lowest BCUT2D eigenvalue weighted by atomic mass is 10.1. The Kier molecular flexibility index (Phi) is 6.70. The molecule has 0 aliphatic heterocycles. The van der Waals surface area contributed by atoms with Crippen LogP contribution in [0.3, 0.4) is 0 Å². The van der Waals surface area contributed by atoms with Gasteiger partial charge in [-0.05, 0) is 48.9 Å². The molecule has 3 aromatic carbocycles. The summed E-state index contributed by atoms with van der Waals surface area (Å²) in [6.45, 7) is 4.21. The zero-order chi connectivity index (χ0) is 23.4. The number of para-hydroxylation sites is 1. The van der Waals surface area contributed by atoms with Gasteiger partial charge in [0.25, 0.3) is 5.91 Å². The number of halogens is 1. The van der Waals surface area contributed by atoms with Crippen LogP contribution in [0.2, 0.25) is 0 Å². The monoisotopic (exact) mass is 502 g/mol. The number of benzene rings is 3. The smallest absolute Gasteiger partial charge is 0.271 e. The Balaban J connectivity index is 1.57. The number of hydrazone groups is 1. The summed E-state index contributed by atoms with van der Waals surface area (Å²) in [4.78, 5) is 23.8. The van der Waals surface area contributed by atoms with Crippen LogP contribution in [0.1, 0.15) is 34.1 Å². The fourth-order valence-corrected chi connectivity index (χ4v) is 4.02. The normalized spacial score (nSPS) is 11.1. The summed E-state index contributed by atoms with van der Waals surface area (Å²) in [7, 11) is 0. The van der Waals surface area contributed by atoms with Gasteiger partial charge in [0.2, 0.25) is 5.91 Å². The number of anilines is 1. The zero-order valence-corrected chi connectivity index (χ0v) is 19.9. The quantitative estimate of drug-likeness (QED) is 0.270. The second-order valence-corrected chi connectivity index (χ2v) is 8.61. The Morgan fingerprint density at radius 2 is 1.79 bits per heavy atom. The Labute approximate surface area is 200 Å². The number of nitrogens with one attached hydrogen (secondary N) is 2. The van der Waals surface area contributed by atoms with Crippen LogP contribution >= 0.6 is 15.9 Å². The van der Waals surface area contributed by atoms with Crippen LogP contribution in [0.5, 0.6) is 0 Å². The summed E-state index contributed by atoms with van der Waals surface area (Å²) in [5, 5.41) is 7.96. The molecule has 0 spiro atoms. The number of carbonyl (C=O) groups excluding carboxylic acids is 2. The average Bonchev–Trinajstić information content (AvgIpc) is 3.06. The van der Waals surface area contributed by atoms with Crippen LogP contribution in [0.15, 0.2) is 82.4 Å². The van der Waals surface area contributed by atoms with Gasteiger partial charge in [0.15, 0.2) is 0 Å². The predicted molar refractivity (Wildman–Crippen MR) is 136 cm³/mol. The molecule has 1 heterocycles. The Morgan fingerprint density at radius 1 is 1.03 bits per heavy atom. The van der Waals surface area contributed by atoms with Crippen molar-refractivity contribution in [1.29, 1.82) is 0 Å². The number of hydrogen-bond acceptors (Lipinski definition) is 3. The third-order valence-corrected chi connectivity index (χ3v) is 5.87. The highest BCUT2D eigenvalue weighted by molar-refractivity contribution is 9.10. The first-order valence-electron chi connectivity index (χ1n) is 10.5. The number of nitrogens with zero attached hydrogens (tertiary/aromatic N) is 2. The number of aromatic nitrogens is 1. The third kappa shape index (κ3) is 5.21. The van der Waals surface area contributed by atoms with Gasteiger partial charge in [-0.25, -0.2) is 5.43 Å². The molecule has 0 unspecified atom stereocenters. The summed E-state index contributed by atoms with van der Waals surface area (Å²) in [5.41, 5.74) is 7.87. The fraction of sp³-hybridized carbons (Fsp3) is 0.115. The molecule has 4 rings (SSSR count). The van der Waals surface area contributed by atoms with Gasteiger partial charge in [-0.15, -0.1) is 0 Å². The molecule has 0 saturated heterocycles. The van der Waals surface area contributed by atoms with Crippen LogP contribution < -0.4 is 10.7 Å². The minimum Gasteiger partial charge on any atom is -0.340 e. The van der Waals surface area contributed by atoms with Gasteiger partial charge in [-0.3, -0.25) is 9.59 Å². The largest absolute Gasteiger partial charge is 0.340 e. The molecule has 0 radical (unpaired) electrons. The maximum atomic E-state index is 12.5. The molecule has 2 amide bonds. The number of fused-ring (bicyclic) bond motifs is 1. The molecule has 0 atom stereocenters. The molecule has 1 aromatic heterocycles. The van der Waals surface area contributed by atoms with Crippen molar-refractivity contribution in [3.05, 3.63) is 99.7 Å². The van der Waals surface area contributed by atoms with E-state index in [9.17, 15) is 9.59 Å². The van der Waals surface area contributed by atoms with Gasteiger partial charge in [-0.1, -0.05) is 52.3 Å². The van der Waals surface area contributed by atoms with Crippen molar-refractivity contribution in [3.63, 3.8) is 0 Å². The van der Waals surface area contributed by atoms with E-state index >= 15 is 0 Å². The number of amides is 2. The van der Waals surface area contributed by atoms with E-state index in [1.54, 1.807) is 30.5 Å². The molecular formula is C26H23BrN4O2. The SMILES string of the molecule is CC(=O)Nc1cccc(C(=O)N/N=C\c2c(C)n(Cc3ccc(Br)cc3)c3ccccc23)c1. The van der Waals surface area contributed by atoms with E-state index in [0.29, 0.717) is 11.3 Å². The topological polar surface area (TPSA) is 75.5 Å². The third-order valence-electron chi connectivity index (χ3n) is 5.34. The van der Waals surface area contributed by atoms with Crippen molar-refractivity contribution in [2.24, 2.45) is 5.10 Å². The second-order valence-electron chi connectivity index (χ2n) is 7.69. The van der Waals surface area contributed by atoms with Crippen LogP contribution in [-0.4, -0.2) is 22.6 Å². The lowest BCUT2D eigenvalue weighted by molar-refractivity contribution is -0.114. The lowest BCUT2D eigenvalue weighted by Crippen LogP contribution is -2.18. The molecule has 4 aromatic rings. The van der Waals surface area contributed by atoms with Crippen molar-refractivity contribution >= 4 is 50.5 Å². The molecule has 0 aliphatic carbocycles. The van der Waals surface area contributed by atoms with Crippen molar-refractivity contribution in [2.75, 3.05) is 5.32 Å². The van der Waals surface area contributed by atoms with Crippen molar-refractivity contribution in [1.82, 2.24) is 9.99 Å². The van der Waals surface area contributed by atoms with Gasteiger partial charge in [0.05, 0.1) is 6.21 Å². The molecular weight excluding hydrogens is 480 g/mol. The molecule has 0 saturated carbocycles. The molecule has 7 heteroatoms. The molecule has 166 valence electrons.